The van der Waals surface area contributed by atoms with Crippen LogP contribution in [0.5, 0.6) is 0 Å². The van der Waals surface area contributed by atoms with Crippen LogP contribution >= 0.6 is 0 Å². The average molecular weight is 183 g/mol. The molecule has 0 saturated carbocycles. The van der Waals surface area contributed by atoms with Gasteiger partial charge < -0.3 is 9.84 Å². The number of ether oxygens (including phenoxy) is 1. The summed E-state index contributed by atoms with van der Waals surface area (Å²) in [6.07, 6.45) is 2.35. The zero-order valence-corrected chi connectivity index (χ0v) is 8.29. The molecule has 2 atom stereocenters. The molecule has 0 aromatic heterocycles. The molecule has 1 saturated heterocycles. The van der Waals surface area contributed by atoms with Crippen LogP contribution in [0.15, 0.2) is 0 Å². The molecule has 0 amide bonds. The zero-order valence-electron chi connectivity index (χ0n) is 8.29. The maximum atomic E-state index is 9.67. The van der Waals surface area contributed by atoms with Crippen molar-refractivity contribution in [2.75, 3.05) is 6.61 Å². The predicted octanol–water partition coefficient (Wildman–Crippen LogP) is 1.47. The van der Waals surface area contributed by atoms with Gasteiger partial charge in [0.2, 0.25) is 0 Å². The third-order valence-electron chi connectivity index (χ3n) is 2.54. The lowest BCUT2D eigenvalue weighted by Crippen LogP contribution is -2.42. The van der Waals surface area contributed by atoms with Crippen LogP contribution in [0.3, 0.4) is 0 Å². The van der Waals surface area contributed by atoms with E-state index in [0.29, 0.717) is 18.9 Å². The highest BCUT2D eigenvalue weighted by molar-refractivity contribution is 4.85. The molecule has 1 unspecified atom stereocenters. The minimum absolute atomic E-state index is 0.0672. The van der Waals surface area contributed by atoms with Gasteiger partial charge in [0, 0.05) is 6.42 Å². The van der Waals surface area contributed by atoms with Gasteiger partial charge in [-0.2, -0.15) is 5.26 Å². The summed E-state index contributed by atoms with van der Waals surface area (Å²) >= 11 is 0. The Balaban J connectivity index is 2.36. The van der Waals surface area contributed by atoms with Gasteiger partial charge in [0.15, 0.2) is 0 Å². The molecule has 3 nitrogen and oxygen atoms in total. The minimum atomic E-state index is -0.752. The van der Waals surface area contributed by atoms with E-state index in [1.165, 1.54) is 0 Å². The van der Waals surface area contributed by atoms with Gasteiger partial charge in [-0.15, -0.1) is 0 Å². The van der Waals surface area contributed by atoms with Crippen molar-refractivity contribution in [3.63, 3.8) is 0 Å². The fourth-order valence-corrected chi connectivity index (χ4v) is 1.65. The lowest BCUT2D eigenvalue weighted by atomic mass is 9.89. The Hall–Kier alpha value is -0.590. The summed E-state index contributed by atoms with van der Waals surface area (Å²) in [6, 6.07) is 2.15. The largest absolute Gasteiger partial charge is 0.388 e. The summed E-state index contributed by atoms with van der Waals surface area (Å²) < 4.78 is 5.51. The lowest BCUT2D eigenvalue weighted by Gasteiger charge is -2.35. The van der Waals surface area contributed by atoms with Gasteiger partial charge >= 0.3 is 0 Å². The average Bonchev–Trinajstić information content (AvgIpc) is 2.04. The quantitative estimate of drug-likeness (QED) is 0.705. The first kappa shape index (κ1) is 10.5. The monoisotopic (exact) mass is 183 g/mol. The van der Waals surface area contributed by atoms with Crippen molar-refractivity contribution in [2.45, 2.75) is 44.8 Å². The highest BCUT2D eigenvalue weighted by Crippen LogP contribution is 2.27. The summed E-state index contributed by atoms with van der Waals surface area (Å²) in [4.78, 5) is 0. The van der Waals surface area contributed by atoms with Crippen LogP contribution in [0.4, 0.5) is 0 Å². The molecule has 0 radical (unpaired) electrons. The minimum Gasteiger partial charge on any atom is -0.388 e. The van der Waals surface area contributed by atoms with Gasteiger partial charge in [0.05, 0.1) is 24.4 Å². The molecule has 0 bridgehead atoms. The fraction of sp³-hybridized carbons (Fsp3) is 0.900. The highest BCUT2D eigenvalue weighted by atomic mass is 16.5. The maximum absolute atomic E-state index is 9.67. The fourth-order valence-electron chi connectivity index (χ4n) is 1.65. The summed E-state index contributed by atoms with van der Waals surface area (Å²) in [5.74, 6) is 0.364. The molecule has 1 rings (SSSR count). The van der Waals surface area contributed by atoms with Crippen molar-refractivity contribution < 1.29 is 9.84 Å². The first-order chi connectivity index (χ1) is 6.04. The van der Waals surface area contributed by atoms with Crippen LogP contribution < -0.4 is 0 Å². The van der Waals surface area contributed by atoms with Gasteiger partial charge in [-0.3, -0.25) is 0 Å². The molecule has 0 aromatic rings. The van der Waals surface area contributed by atoms with Crippen LogP contribution in [0.1, 0.15) is 33.1 Å². The number of hydrogen-bond acceptors (Lipinski definition) is 3. The van der Waals surface area contributed by atoms with Gasteiger partial charge in [0.1, 0.15) is 0 Å². The molecule has 0 aliphatic carbocycles. The zero-order chi connectivity index (χ0) is 9.90. The van der Waals surface area contributed by atoms with E-state index in [4.69, 9.17) is 10.00 Å². The molecule has 0 spiro atoms. The number of rotatable bonds is 2. The van der Waals surface area contributed by atoms with Crippen LogP contribution in [-0.2, 0) is 4.74 Å². The Morgan fingerprint density at radius 2 is 2.23 bits per heavy atom. The number of nitriles is 1. The molecule has 13 heavy (non-hydrogen) atoms. The second kappa shape index (κ2) is 4.08. The van der Waals surface area contributed by atoms with E-state index in [9.17, 15) is 5.11 Å². The van der Waals surface area contributed by atoms with E-state index < -0.39 is 5.60 Å². The van der Waals surface area contributed by atoms with E-state index in [0.717, 1.165) is 12.8 Å². The van der Waals surface area contributed by atoms with E-state index >= 15 is 0 Å². The Morgan fingerprint density at radius 1 is 1.54 bits per heavy atom. The van der Waals surface area contributed by atoms with E-state index in [2.05, 4.69) is 6.07 Å². The van der Waals surface area contributed by atoms with Crippen LogP contribution in [0, 0.1) is 17.2 Å². The van der Waals surface area contributed by atoms with Crippen LogP contribution in [0.2, 0.25) is 0 Å². The van der Waals surface area contributed by atoms with Gasteiger partial charge in [-0.1, -0.05) is 0 Å². The number of aliphatic hydroxyl groups is 1. The second-order valence-electron chi connectivity index (χ2n) is 4.28. The molecule has 1 heterocycles. The van der Waals surface area contributed by atoms with Crippen molar-refractivity contribution in [3.8, 4) is 6.07 Å². The molecule has 0 aromatic carbocycles. The smallest absolute Gasteiger partial charge is 0.0856 e. The van der Waals surface area contributed by atoms with Crippen molar-refractivity contribution >= 4 is 0 Å². The molecular formula is C10H17NO2. The van der Waals surface area contributed by atoms with Gasteiger partial charge in [-0.05, 0) is 32.6 Å². The molecule has 1 fully saturated rings. The third kappa shape index (κ3) is 2.98. The van der Waals surface area contributed by atoms with Crippen molar-refractivity contribution in [2.24, 2.45) is 5.92 Å². The van der Waals surface area contributed by atoms with Gasteiger partial charge in [-0.25, -0.2) is 0 Å². The Kier molecular flexibility index (Phi) is 3.29. The lowest BCUT2D eigenvalue weighted by molar-refractivity contribution is -0.121. The number of hydrogen-bond donors (Lipinski definition) is 1. The third-order valence-corrected chi connectivity index (χ3v) is 2.54. The predicted molar refractivity (Wildman–Crippen MR) is 49.0 cm³/mol. The van der Waals surface area contributed by atoms with Gasteiger partial charge in [0.25, 0.3) is 0 Å². The van der Waals surface area contributed by atoms with E-state index in [-0.39, 0.29) is 6.10 Å². The van der Waals surface area contributed by atoms with Crippen LogP contribution in [-0.4, -0.2) is 23.4 Å². The Morgan fingerprint density at radius 3 is 2.62 bits per heavy atom. The maximum Gasteiger partial charge on any atom is 0.0856 e. The molecule has 74 valence electrons. The Labute approximate surface area is 79.3 Å². The first-order valence-electron chi connectivity index (χ1n) is 4.75. The molecule has 1 aliphatic rings. The van der Waals surface area contributed by atoms with Crippen molar-refractivity contribution in [3.05, 3.63) is 0 Å². The summed E-state index contributed by atoms with van der Waals surface area (Å²) in [6.45, 7) is 4.15. The molecular weight excluding hydrogens is 166 g/mol. The summed E-state index contributed by atoms with van der Waals surface area (Å²) in [7, 11) is 0. The van der Waals surface area contributed by atoms with Crippen LogP contribution in [0.25, 0.3) is 0 Å². The number of nitrogens with zero attached hydrogens (tertiary/aromatic N) is 1. The second-order valence-corrected chi connectivity index (χ2v) is 4.28. The summed E-state index contributed by atoms with van der Waals surface area (Å²) in [5.41, 5.74) is -0.752. The van der Waals surface area contributed by atoms with Crippen molar-refractivity contribution in [1.82, 2.24) is 0 Å². The molecule has 3 heteroatoms. The topological polar surface area (TPSA) is 53.2 Å². The SMILES string of the molecule is CC(C)(O)C1CC[C@H](CC#N)CO1. The van der Waals surface area contributed by atoms with E-state index in [1.807, 2.05) is 0 Å². The first-order valence-corrected chi connectivity index (χ1v) is 4.75. The van der Waals surface area contributed by atoms with Crippen molar-refractivity contribution in [1.29, 1.82) is 5.26 Å². The molecule has 1 aliphatic heterocycles. The highest BCUT2D eigenvalue weighted by Gasteiger charge is 2.32. The Bertz CT molecular complexity index is 194. The standard InChI is InChI=1S/C10H17NO2/c1-10(2,12)9-4-3-8(5-6-11)7-13-9/h8-9,12H,3-5,7H2,1-2H3/t8-,9?/m1/s1. The summed E-state index contributed by atoms with van der Waals surface area (Å²) in [5, 5.41) is 18.2. The molecule has 1 N–H and O–H groups in total. The van der Waals surface area contributed by atoms with E-state index in [1.54, 1.807) is 13.8 Å². The normalized spacial score (nSPS) is 29.7.